The SMILES string of the molecule is COc1ccc(F)c(CN2CCc3nc(-c4ccccc4)[nH]c(=O)c3C2)c1. The summed E-state index contributed by atoms with van der Waals surface area (Å²) in [6.07, 6.45) is 0.657. The lowest BCUT2D eigenvalue weighted by atomic mass is 10.0. The summed E-state index contributed by atoms with van der Waals surface area (Å²) in [4.78, 5) is 22.2. The van der Waals surface area contributed by atoms with Gasteiger partial charge in [-0.3, -0.25) is 9.69 Å². The van der Waals surface area contributed by atoms with Crippen LogP contribution in [0.2, 0.25) is 0 Å². The summed E-state index contributed by atoms with van der Waals surface area (Å²) in [6.45, 7) is 1.58. The highest BCUT2D eigenvalue weighted by Crippen LogP contribution is 2.22. The number of hydrogen-bond donors (Lipinski definition) is 1. The van der Waals surface area contributed by atoms with E-state index < -0.39 is 0 Å². The zero-order chi connectivity index (χ0) is 18.8. The minimum absolute atomic E-state index is 0.130. The van der Waals surface area contributed by atoms with Crippen molar-refractivity contribution in [3.8, 4) is 17.1 Å². The average Bonchev–Trinajstić information content (AvgIpc) is 2.70. The Morgan fingerprint density at radius 2 is 2.04 bits per heavy atom. The van der Waals surface area contributed by atoms with E-state index in [9.17, 15) is 9.18 Å². The van der Waals surface area contributed by atoms with Crippen molar-refractivity contribution < 1.29 is 9.13 Å². The number of nitrogens with zero attached hydrogens (tertiary/aromatic N) is 2. The van der Waals surface area contributed by atoms with Gasteiger partial charge in [0, 0.05) is 37.2 Å². The zero-order valence-corrected chi connectivity index (χ0v) is 15.0. The van der Waals surface area contributed by atoms with Crippen molar-refractivity contribution in [1.29, 1.82) is 0 Å². The number of nitrogens with one attached hydrogen (secondary N) is 1. The fourth-order valence-electron chi connectivity index (χ4n) is 3.39. The molecule has 0 amide bonds. The molecule has 0 aliphatic carbocycles. The first-order valence-corrected chi connectivity index (χ1v) is 8.86. The van der Waals surface area contributed by atoms with Crippen molar-refractivity contribution >= 4 is 0 Å². The van der Waals surface area contributed by atoms with Gasteiger partial charge < -0.3 is 9.72 Å². The molecule has 4 rings (SSSR count). The number of hydrogen-bond acceptors (Lipinski definition) is 4. The van der Waals surface area contributed by atoms with E-state index in [-0.39, 0.29) is 11.4 Å². The number of aromatic amines is 1. The van der Waals surface area contributed by atoms with Gasteiger partial charge in [0.2, 0.25) is 0 Å². The molecular weight excluding hydrogens is 345 g/mol. The molecule has 0 saturated heterocycles. The molecule has 0 bridgehead atoms. The number of methoxy groups -OCH3 is 1. The van der Waals surface area contributed by atoms with E-state index in [1.54, 1.807) is 19.2 Å². The molecule has 0 saturated carbocycles. The van der Waals surface area contributed by atoms with Crippen molar-refractivity contribution in [3.05, 3.63) is 81.5 Å². The molecule has 0 radical (unpaired) electrons. The van der Waals surface area contributed by atoms with Crippen LogP contribution in [0.3, 0.4) is 0 Å². The summed E-state index contributed by atoms with van der Waals surface area (Å²) in [6, 6.07) is 14.3. The third kappa shape index (κ3) is 3.61. The highest BCUT2D eigenvalue weighted by Gasteiger charge is 2.22. The monoisotopic (exact) mass is 365 g/mol. The molecule has 6 heteroatoms. The molecular formula is C21H20FN3O2. The lowest BCUT2D eigenvalue weighted by Gasteiger charge is -2.28. The van der Waals surface area contributed by atoms with Gasteiger partial charge in [-0.05, 0) is 18.2 Å². The number of aromatic nitrogens is 2. The molecule has 2 heterocycles. The highest BCUT2D eigenvalue weighted by molar-refractivity contribution is 5.54. The van der Waals surface area contributed by atoms with Gasteiger partial charge in [-0.15, -0.1) is 0 Å². The summed E-state index contributed by atoms with van der Waals surface area (Å²) in [5.74, 6) is 0.940. The van der Waals surface area contributed by atoms with E-state index in [0.717, 1.165) is 11.3 Å². The molecule has 1 N–H and O–H groups in total. The molecule has 27 heavy (non-hydrogen) atoms. The molecule has 0 spiro atoms. The fraction of sp³-hybridized carbons (Fsp3) is 0.238. The van der Waals surface area contributed by atoms with E-state index in [0.29, 0.717) is 48.8 Å². The van der Waals surface area contributed by atoms with Crippen LogP contribution in [0.15, 0.2) is 53.3 Å². The predicted molar refractivity (Wildman–Crippen MR) is 101 cm³/mol. The van der Waals surface area contributed by atoms with E-state index in [4.69, 9.17) is 4.74 Å². The third-order valence-electron chi connectivity index (χ3n) is 4.84. The van der Waals surface area contributed by atoms with Crippen LogP contribution in [-0.4, -0.2) is 28.5 Å². The Kier molecular flexibility index (Phi) is 4.73. The van der Waals surface area contributed by atoms with E-state index >= 15 is 0 Å². The minimum Gasteiger partial charge on any atom is -0.497 e. The summed E-state index contributed by atoms with van der Waals surface area (Å²) in [7, 11) is 1.56. The van der Waals surface area contributed by atoms with Crippen LogP contribution in [-0.2, 0) is 19.5 Å². The largest absolute Gasteiger partial charge is 0.497 e. The Morgan fingerprint density at radius 1 is 1.22 bits per heavy atom. The van der Waals surface area contributed by atoms with Gasteiger partial charge in [0.1, 0.15) is 17.4 Å². The summed E-state index contributed by atoms with van der Waals surface area (Å²) in [5.41, 5.74) is 2.79. The lowest BCUT2D eigenvalue weighted by Crippen LogP contribution is -2.35. The van der Waals surface area contributed by atoms with Gasteiger partial charge in [-0.25, -0.2) is 9.37 Å². The molecule has 1 aliphatic rings. The zero-order valence-electron chi connectivity index (χ0n) is 15.0. The quantitative estimate of drug-likeness (QED) is 0.772. The standard InChI is InChI=1S/C21H20FN3O2/c1-27-16-7-8-18(22)15(11-16)12-25-10-9-19-17(13-25)21(26)24-20(23-19)14-5-3-2-4-6-14/h2-8,11H,9-10,12-13H2,1H3,(H,23,24,26). The second-order valence-electron chi connectivity index (χ2n) is 6.62. The van der Waals surface area contributed by atoms with Crippen LogP contribution in [0.1, 0.15) is 16.8 Å². The number of halogens is 1. The van der Waals surface area contributed by atoms with Crippen molar-refractivity contribution in [3.63, 3.8) is 0 Å². The number of fused-ring (bicyclic) bond motifs is 1. The van der Waals surface area contributed by atoms with Crippen LogP contribution in [0, 0.1) is 5.82 Å². The summed E-state index contributed by atoms with van der Waals surface area (Å²) in [5, 5.41) is 0. The van der Waals surface area contributed by atoms with E-state index in [1.165, 1.54) is 6.07 Å². The third-order valence-corrected chi connectivity index (χ3v) is 4.84. The molecule has 0 fully saturated rings. The predicted octanol–water partition coefficient (Wildman–Crippen LogP) is 3.14. The van der Waals surface area contributed by atoms with Crippen molar-refractivity contribution in [2.75, 3.05) is 13.7 Å². The smallest absolute Gasteiger partial charge is 0.255 e. The number of ether oxygens (including phenoxy) is 1. The molecule has 0 atom stereocenters. The van der Waals surface area contributed by atoms with E-state index in [1.807, 2.05) is 30.3 Å². The first kappa shape index (κ1) is 17.4. The van der Waals surface area contributed by atoms with Gasteiger partial charge >= 0.3 is 0 Å². The molecule has 1 aromatic heterocycles. The van der Waals surface area contributed by atoms with Gasteiger partial charge in [-0.1, -0.05) is 30.3 Å². The van der Waals surface area contributed by atoms with Gasteiger partial charge in [-0.2, -0.15) is 0 Å². The summed E-state index contributed by atoms with van der Waals surface area (Å²) < 4.78 is 19.3. The Bertz CT molecular complexity index is 1020. The Balaban J connectivity index is 1.58. The second-order valence-corrected chi connectivity index (χ2v) is 6.62. The highest BCUT2D eigenvalue weighted by atomic mass is 19.1. The fourth-order valence-corrected chi connectivity index (χ4v) is 3.39. The first-order valence-electron chi connectivity index (χ1n) is 8.86. The lowest BCUT2D eigenvalue weighted by molar-refractivity contribution is 0.238. The van der Waals surface area contributed by atoms with Crippen LogP contribution >= 0.6 is 0 Å². The maximum absolute atomic E-state index is 14.1. The Labute approximate surface area is 156 Å². The molecule has 2 aromatic carbocycles. The minimum atomic E-state index is -0.270. The second kappa shape index (κ2) is 7.32. The topological polar surface area (TPSA) is 58.2 Å². The Hall–Kier alpha value is -2.99. The number of benzene rings is 2. The molecule has 0 unspecified atom stereocenters. The number of rotatable bonds is 4. The molecule has 3 aromatic rings. The van der Waals surface area contributed by atoms with Crippen LogP contribution in [0.5, 0.6) is 5.75 Å². The molecule has 138 valence electrons. The Morgan fingerprint density at radius 3 is 2.81 bits per heavy atom. The van der Waals surface area contributed by atoms with Gasteiger partial charge in [0.05, 0.1) is 18.4 Å². The van der Waals surface area contributed by atoms with E-state index in [2.05, 4.69) is 14.9 Å². The van der Waals surface area contributed by atoms with Gasteiger partial charge in [0.25, 0.3) is 5.56 Å². The van der Waals surface area contributed by atoms with Crippen molar-refractivity contribution in [2.45, 2.75) is 19.5 Å². The molecule has 1 aliphatic heterocycles. The first-order chi connectivity index (χ1) is 13.1. The maximum Gasteiger partial charge on any atom is 0.255 e. The van der Waals surface area contributed by atoms with Gasteiger partial charge in [0.15, 0.2) is 0 Å². The van der Waals surface area contributed by atoms with Crippen LogP contribution in [0.25, 0.3) is 11.4 Å². The molecule has 5 nitrogen and oxygen atoms in total. The van der Waals surface area contributed by atoms with Crippen molar-refractivity contribution in [1.82, 2.24) is 14.9 Å². The van der Waals surface area contributed by atoms with Crippen molar-refractivity contribution in [2.24, 2.45) is 0 Å². The van der Waals surface area contributed by atoms with Crippen LogP contribution in [0.4, 0.5) is 4.39 Å². The normalized spacial score (nSPS) is 14.0. The number of H-pyrrole nitrogens is 1. The average molecular weight is 365 g/mol. The maximum atomic E-state index is 14.1. The van der Waals surface area contributed by atoms with Crippen LogP contribution < -0.4 is 10.3 Å². The summed E-state index contributed by atoms with van der Waals surface area (Å²) >= 11 is 0.